The summed E-state index contributed by atoms with van der Waals surface area (Å²) in [7, 11) is 1.55. The molecule has 25 heavy (non-hydrogen) atoms. The van der Waals surface area contributed by atoms with E-state index in [4.69, 9.17) is 9.47 Å². The smallest absolute Gasteiger partial charge is 0.257 e. The molecule has 2 rings (SSSR count). The predicted molar refractivity (Wildman–Crippen MR) is 97.0 cm³/mol. The van der Waals surface area contributed by atoms with Crippen molar-refractivity contribution in [2.45, 2.75) is 6.92 Å². The summed E-state index contributed by atoms with van der Waals surface area (Å²) in [4.78, 5) is 23.4. The fourth-order valence-corrected chi connectivity index (χ4v) is 2.10. The minimum atomic E-state index is -0.212. The van der Waals surface area contributed by atoms with Gasteiger partial charge in [-0.05, 0) is 49.4 Å². The maximum absolute atomic E-state index is 12.3. The maximum Gasteiger partial charge on any atom is 0.257 e. The lowest BCUT2D eigenvalue weighted by molar-refractivity contribution is -0.122. The number of ketones is 1. The number of para-hydroxylation sites is 1. The zero-order valence-corrected chi connectivity index (χ0v) is 14.3. The molecule has 0 radical (unpaired) electrons. The second-order valence-corrected chi connectivity index (χ2v) is 5.15. The van der Waals surface area contributed by atoms with Crippen LogP contribution in [0.4, 0.5) is 0 Å². The molecular weight excluding hydrogens is 318 g/mol. The van der Waals surface area contributed by atoms with E-state index < -0.39 is 0 Å². The zero-order chi connectivity index (χ0) is 18.1. The normalized spacial score (nSPS) is 10.5. The first kappa shape index (κ1) is 18.3. The molecular formula is C20H21NO4. The van der Waals surface area contributed by atoms with E-state index in [2.05, 4.69) is 5.32 Å². The number of rotatable bonds is 8. The molecule has 1 amide bonds. The fourth-order valence-electron chi connectivity index (χ4n) is 2.10. The molecule has 0 aliphatic carbocycles. The Balaban J connectivity index is 2.02. The zero-order valence-electron chi connectivity index (χ0n) is 14.3. The summed E-state index contributed by atoms with van der Waals surface area (Å²) in [6, 6.07) is 14.2. The van der Waals surface area contributed by atoms with E-state index in [1.807, 2.05) is 31.2 Å². The van der Waals surface area contributed by atoms with Crippen molar-refractivity contribution in [2.24, 2.45) is 0 Å². The van der Waals surface area contributed by atoms with Crippen LogP contribution in [0, 0.1) is 0 Å². The highest BCUT2D eigenvalue weighted by Gasteiger charge is 2.05. The lowest BCUT2D eigenvalue weighted by atomic mass is 10.1. The van der Waals surface area contributed by atoms with Crippen molar-refractivity contribution < 1.29 is 19.1 Å². The monoisotopic (exact) mass is 339 g/mol. The molecule has 0 aromatic heterocycles. The van der Waals surface area contributed by atoms with E-state index in [1.165, 1.54) is 6.08 Å². The maximum atomic E-state index is 12.3. The van der Waals surface area contributed by atoms with Crippen LogP contribution in [0.3, 0.4) is 0 Å². The largest absolute Gasteiger partial charge is 0.493 e. The van der Waals surface area contributed by atoms with Gasteiger partial charge in [-0.15, -0.1) is 0 Å². The Morgan fingerprint density at radius 2 is 1.76 bits per heavy atom. The van der Waals surface area contributed by atoms with Crippen LogP contribution in [-0.4, -0.2) is 32.0 Å². The topological polar surface area (TPSA) is 64.6 Å². The average molecular weight is 339 g/mol. The van der Waals surface area contributed by atoms with Crippen LogP contribution in [0.15, 0.2) is 54.6 Å². The Morgan fingerprint density at radius 1 is 1.04 bits per heavy atom. The van der Waals surface area contributed by atoms with Gasteiger partial charge in [0.1, 0.15) is 11.5 Å². The van der Waals surface area contributed by atoms with Crippen molar-refractivity contribution in [2.75, 3.05) is 20.3 Å². The van der Waals surface area contributed by atoms with E-state index in [9.17, 15) is 9.59 Å². The van der Waals surface area contributed by atoms with Crippen LogP contribution < -0.4 is 14.8 Å². The van der Waals surface area contributed by atoms with Crippen LogP contribution in [0.2, 0.25) is 0 Å². The molecule has 0 saturated heterocycles. The summed E-state index contributed by atoms with van der Waals surface area (Å²) in [5.74, 6) is 0.943. The van der Waals surface area contributed by atoms with Gasteiger partial charge >= 0.3 is 0 Å². The molecule has 1 N–H and O–H groups in total. The molecule has 5 nitrogen and oxygen atoms in total. The molecule has 0 aliphatic rings. The molecule has 0 heterocycles. The molecule has 130 valence electrons. The molecule has 0 fully saturated rings. The van der Waals surface area contributed by atoms with Crippen molar-refractivity contribution in [1.82, 2.24) is 5.32 Å². The predicted octanol–water partition coefficient (Wildman–Crippen LogP) is 3.11. The number of benzene rings is 2. The Labute approximate surface area is 147 Å². The van der Waals surface area contributed by atoms with Gasteiger partial charge in [0, 0.05) is 18.2 Å². The number of nitrogens with one attached hydrogen (secondary N) is 1. The summed E-state index contributed by atoms with van der Waals surface area (Å²) in [5, 5.41) is 2.47. The van der Waals surface area contributed by atoms with E-state index in [0.717, 1.165) is 11.3 Å². The van der Waals surface area contributed by atoms with Crippen LogP contribution in [-0.2, 0) is 4.79 Å². The number of hydrogen-bond donors (Lipinski definition) is 1. The highest BCUT2D eigenvalue weighted by Crippen LogP contribution is 2.20. The first-order chi connectivity index (χ1) is 12.1. The van der Waals surface area contributed by atoms with E-state index in [0.29, 0.717) is 17.9 Å². The summed E-state index contributed by atoms with van der Waals surface area (Å²) < 4.78 is 10.8. The summed E-state index contributed by atoms with van der Waals surface area (Å²) in [6.07, 6.45) is 3.25. The molecule has 2 aromatic carbocycles. The Bertz CT molecular complexity index is 751. The fraction of sp³-hybridized carbons (Fsp3) is 0.200. The molecule has 0 atom stereocenters. The van der Waals surface area contributed by atoms with Crippen molar-refractivity contribution in [3.63, 3.8) is 0 Å². The second kappa shape index (κ2) is 9.27. The molecule has 0 spiro atoms. The summed E-state index contributed by atoms with van der Waals surface area (Å²) >= 11 is 0. The highest BCUT2D eigenvalue weighted by molar-refractivity contribution is 6.07. The minimum Gasteiger partial charge on any atom is -0.493 e. The van der Waals surface area contributed by atoms with Gasteiger partial charge in [0.25, 0.3) is 5.91 Å². The van der Waals surface area contributed by atoms with Crippen LogP contribution in [0.25, 0.3) is 6.08 Å². The van der Waals surface area contributed by atoms with E-state index >= 15 is 0 Å². The Kier molecular flexibility index (Phi) is 6.77. The molecule has 0 saturated carbocycles. The third-order valence-electron chi connectivity index (χ3n) is 3.42. The van der Waals surface area contributed by atoms with Gasteiger partial charge in [-0.2, -0.15) is 0 Å². The lowest BCUT2D eigenvalue weighted by Crippen LogP contribution is -2.24. The first-order valence-electron chi connectivity index (χ1n) is 8.01. The number of ether oxygens (including phenoxy) is 2. The average Bonchev–Trinajstić information content (AvgIpc) is 2.65. The van der Waals surface area contributed by atoms with Crippen molar-refractivity contribution in [3.05, 3.63) is 65.7 Å². The van der Waals surface area contributed by atoms with Crippen molar-refractivity contribution >= 4 is 17.8 Å². The first-order valence-corrected chi connectivity index (χ1v) is 8.01. The van der Waals surface area contributed by atoms with Gasteiger partial charge in [0.05, 0.1) is 6.61 Å². The molecule has 5 heteroatoms. The van der Waals surface area contributed by atoms with Gasteiger partial charge in [-0.25, -0.2) is 0 Å². The van der Waals surface area contributed by atoms with Crippen molar-refractivity contribution in [3.8, 4) is 11.5 Å². The number of carbonyl (C=O) groups is 2. The Hall–Kier alpha value is -3.08. The SMILES string of the molecule is CCOc1ccccc1/C=C/C(=O)c1ccc(OCC(=O)NC)cc1. The van der Waals surface area contributed by atoms with Crippen molar-refractivity contribution in [1.29, 1.82) is 0 Å². The molecule has 0 aliphatic heterocycles. The highest BCUT2D eigenvalue weighted by atomic mass is 16.5. The minimum absolute atomic E-state index is 0.0576. The summed E-state index contributed by atoms with van der Waals surface area (Å²) in [5.41, 5.74) is 1.39. The van der Waals surface area contributed by atoms with Gasteiger partial charge < -0.3 is 14.8 Å². The standard InChI is InChI=1S/C20H21NO4/c1-3-24-19-7-5-4-6-16(19)10-13-18(22)15-8-11-17(12-9-15)25-14-20(23)21-2/h4-13H,3,14H2,1-2H3,(H,21,23)/b13-10+. The lowest BCUT2D eigenvalue weighted by Gasteiger charge is -2.06. The third kappa shape index (κ3) is 5.49. The van der Waals surface area contributed by atoms with Crippen LogP contribution >= 0.6 is 0 Å². The number of hydrogen-bond acceptors (Lipinski definition) is 4. The third-order valence-corrected chi connectivity index (χ3v) is 3.42. The van der Waals surface area contributed by atoms with Crippen LogP contribution in [0.5, 0.6) is 11.5 Å². The Morgan fingerprint density at radius 3 is 2.44 bits per heavy atom. The number of amides is 1. The quantitative estimate of drug-likeness (QED) is 0.593. The molecule has 2 aromatic rings. The number of likely N-dealkylation sites (N-methyl/N-ethyl adjacent to an activating group) is 1. The van der Waals surface area contributed by atoms with Gasteiger partial charge in [0.15, 0.2) is 12.4 Å². The van der Waals surface area contributed by atoms with Crippen LogP contribution in [0.1, 0.15) is 22.8 Å². The number of carbonyl (C=O) groups excluding carboxylic acids is 2. The van der Waals surface area contributed by atoms with E-state index in [-0.39, 0.29) is 18.3 Å². The van der Waals surface area contributed by atoms with E-state index in [1.54, 1.807) is 37.4 Å². The number of allylic oxidation sites excluding steroid dienone is 1. The molecule has 0 unspecified atom stereocenters. The van der Waals surface area contributed by atoms with Gasteiger partial charge in [-0.1, -0.05) is 18.2 Å². The molecule has 0 bridgehead atoms. The van der Waals surface area contributed by atoms with Gasteiger partial charge in [-0.3, -0.25) is 9.59 Å². The summed E-state index contributed by atoms with van der Waals surface area (Å²) in [6.45, 7) is 2.42. The second-order valence-electron chi connectivity index (χ2n) is 5.15. The van der Waals surface area contributed by atoms with Gasteiger partial charge in [0.2, 0.25) is 0 Å².